The number of hydrogen-bond acceptors (Lipinski definition) is 7. The molecule has 158 valence electrons. The standard InChI is InChI=1S/C21H18F2N6OS/c1-11(2)28-21-16-12(9-25-20(16)26-10-27-21)19(30)17-13(22)6-7-14(18(17)23)29-31-15-5-3-4-8-24-15/h3-11,29H,1-2H3,(H2,25,26,27,28). The smallest absolute Gasteiger partial charge is 0.201 e. The van der Waals surface area contributed by atoms with E-state index in [-0.39, 0.29) is 17.3 Å². The number of benzene rings is 1. The first kappa shape index (κ1) is 20.7. The molecular formula is C21H18F2N6OS. The monoisotopic (exact) mass is 440 g/mol. The minimum absolute atomic E-state index is 0.0283. The number of carbonyl (C=O) groups excluding carboxylic acids is 1. The number of rotatable bonds is 7. The molecule has 0 unspecified atom stereocenters. The third-order valence-corrected chi connectivity index (χ3v) is 5.13. The topological polar surface area (TPSA) is 95.6 Å². The van der Waals surface area contributed by atoms with Crippen molar-refractivity contribution in [2.45, 2.75) is 24.9 Å². The molecule has 0 atom stereocenters. The predicted molar refractivity (Wildman–Crippen MR) is 116 cm³/mol. The van der Waals surface area contributed by atoms with E-state index in [1.54, 1.807) is 24.4 Å². The van der Waals surface area contributed by atoms with Crippen LogP contribution in [-0.2, 0) is 0 Å². The van der Waals surface area contributed by atoms with Crippen LogP contribution in [0.3, 0.4) is 0 Å². The highest BCUT2D eigenvalue weighted by Crippen LogP contribution is 2.31. The van der Waals surface area contributed by atoms with Crippen molar-refractivity contribution in [1.82, 2.24) is 19.9 Å². The first-order chi connectivity index (χ1) is 15.0. The number of H-pyrrole nitrogens is 1. The Bertz CT molecular complexity index is 1250. The van der Waals surface area contributed by atoms with Gasteiger partial charge in [-0.25, -0.2) is 23.7 Å². The lowest BCUT2D eigenvalue weighted by Crippen LogP contribution is -2.13. The molecule has 0 saturated carbocycles. The molecule has 0 radical (unpaired) electrons. The fourth-order valence-electron chi connectivity index (χ4n) is 3.01. The lowest BCUT2D eigenvalue weighted by molar-refractivity contribution is 0.103. The van der Waals surface area contributed by atoms with Gasteiger partial charge in [-0.2, -0.15) is 0 Å². The highest BCUT2D eigenvalue weighted by Gasteiger charge is 2.26. The summed E-state index contributed by atoms with van der Waals surface area (Å²) in [5.74, 6) is -2.35. The molecule has 0 aliphatic heterocycles. The zero-order valence-electron chi connectivity index (χ0n) is 16.6. The molecule has 0 spiro atoms. The molecular weight excluding hydrogens is 422 g/mol. The minimum atomic E-state index is -0.988. The molecule has 0 saturated heterocycles. The zero-order valence-corrected chi connectivity index (χ0v) is 17.4. The Labute approximate surface area is 180 Å². The Hall–Kier alpha value is -3.53. The first-order valence-corrected chi connectivity index (χ1v) is 10.2. The fourth-order valence-corrected chi connectivity index (χ4v) is 3.65. The highest BCUT2D eigenvalue weighted by molar-refractivity contribution is 8.00. The SMILES string of the molecule is CC(C)Nc1ncnc2[nH]cc(C(=O)c3c(F)ccc(NSc4ccccn4)c3F)c12. The summed E-state index contributed by atoms with van der Waals surface area (Å²) >= 11 is 1.05. The van der Waals surface area contributed by atoms with E-state index in [2.05, 4.69) is 30.0 Å². The van der Waals surface area contributed by atoms with Gasteiger partial charge in [-0.05, 0) is 38.1 Å². The number of aromatic amines is 1. The van der Waals surface area contributed by atoms with Crippen LogP contribution in [0.15, 0.2) is 54.1 Å². The number of carbonyl (C=O) groups is 1. The van der Waals surface area contributed by atoms with Crippen LogP contribution < -0.4 is 10.0 Å². The van der Waals surface area contributed by atoms with Crippen molar-refractivity contribution in [2.24, 2.45) is 0 Å². The molecule has 0 fully saturated rings. The first-order valence-electron chi connectivity index (χ1n) is 9.41. The van der Waals surface area contributed by atoms with Gasteiger partial charge in [0.2, 0.25) is 5.78 Å². The van der Waals surface area contributed by atoms with Crippen LogP contribution in [0.5, 0.6) is 0 Å². The van der Waals surface area contributed by atoms with Crippen molar-refractivity contribution in [3.8, 4) is 0 Å². The quantitative estimate of drug-likeness (QED) is 0.281. The number of anilines is 2. The summed E-state index contributed by atoms with van der Waals surface area (Å²) in [7, 11) is 0. The summed E-state index contributed by atoms with van der Waals surface area (Å²) in [4.78, 5) is 28.5. The van der Waals surface area contributed by atoms with Crippen LogP contribution in [-0.4, -0.2) is 31.8 Å². The van der Waals surface area contributed by atoms with Crippen molar-refractivity contribution in [1.29, 1.82) is 0 Å². The van der Waals surface area contributed by atoms with Crippen LogP contribution in [0.1, 0.15) is 29.8 Å². The zero-order chi connectivity index (χ0) is 22.0. The summed E-state index contributed by atoms with van der Waals surface area (Å²) in [6.45, 7) is 3.83. The van der Waals surface area contributed by atoms with E-state index < -0.39 is 23.0 Å². The molecule has 4 aromatic rings. The Kier molecular flexibility index (Phi) is 5.81. The number of aromatic nitrogens is 4. The molecule has 1 aromatic carbocycles. The minimum Gasteiger partial charge on any atom is -0.367 e. The van der Waals surface area contributed by atoms with Crippen molar-refractivity contribution < 1.29 is 13.6 Å². The van der Waals surface area contributed by atoms with E-state index in [0.717, 1.165) is 18.0 Å². The number of nitrogens with zero attached hydrogens (tertiary/aromatic N) is 3. The summed E-state index contributed by atoms with van der Waals surface area (Å²) < 4.78 is 32.5. The van der Waals surface area contributed by atoms with Crippen molar-refractivity contribution >= 4 is 40.3 Å². The molecule has 0 aliphatic rings. The van der Waals surface area contributed by atoms with E-state index in [9.17, 15) is 9.18 Å². The largest absolute Gasteiger partial charge is 0.367 e. The number of halogens is 2. The number of hydrogen-bond donors (Lipinski definition) is 3. The maximum absolute atomic E-state index is 15.2. The summed E-state index contributed by atoms with van der Waals surface area (Å²) in [6.07, 6.45) is 4.33. The molecule has 3 aromatic heterocycles. The Morgan fingerprint density at radius 2 is 1.97 bits per heavy atom. The fraction of sp³-hybridized carbons (Fsp3) is 0.143. The van der Waals surface area contributed by atoms with Crippen molar-refractivity contribution in [2.75, 3.05) is 10.0 Å². The van der Waals surface area contributed by atoms with E-state index in [1.165, 1.54) is 18.6 Å². The molecule has 3 heterocycles. The third kappa shape index (κ3) is 4.19. The molecule has 7 nitrogen and oxygen atoms in total. The van der Waals surface area contributed by atoms with Crippen LogP contribution in [0, 0.1) is 11.6 Å². The molecule has 3 N–H and O–H groups in total. The van der Waals surface area contributed by atoms with Crippen LogP contribution >= 0.6 is 11.9 Å². The maximum atomic E-state index is 15.2. The van der Waals surface area contributed by atoms with Gasteiger partial charge in [-0.1, -0.05) is 6.07 Å². The number of fused-ring (bicyclic) bond motifs is 1. The lowest BCUT2D eigenvalue weighted by atomic mass is 10.0. The van der Waals surface area contributed by atoms with E-state index >= 15 is 4.39 Å². The van der Waals surface area contributed by atoms with Crippen LogP contribution in [0.25, 0.3) is 11.0 Å². The van der Waals surface area contributed by atoms with Gasteiger partial charge in [0.25, 0.3) is 0 Å². The summed E-state index contributed by atoms with van der Waals surface area (Å²) in [5, 5.41) is 4.10. The van der Waals surface area contributed by atoms with Crippen LogP contribution in [0.4, 0.5) is 20.3 Å². The molecule has 0 aliphatic carbocycles. The van der Waals surface area contributed by atoms with Crippen LogP contribution in [0.2, 0.25) is 0 Å². The van der Waals surface area contributed by atoms with Gasteiger partial charge in [-0.15, -0.1) is 0 Å². The number of ketones is 1. The average molecular weight is 440 g/mol. The van der Waals surface area contributed by atoms with Gasteiger partial charge in [0, 0.05) is 30.4 Å². The van der Waals surface area contributed by atoms with Gasteiger partial charge in [0.1, 0.15) is 28.6 Å². The Morgan fingerprint density at radius 3 is 2.71 bits per heavy atom. The van der Waals surface area contributed by atoms with Gasteiger partial charge < -0.3 is 15.0 Å². The summed E-state index contributed by atoms with van der Waals surface area (Å²) in [6, 6.07) is 7.60. The third-order valence-electron chi connectivity index (χ3n) is 4.36. The Morgan fingerprint density at radius 1 is 1.13 bits per heavy atom. The number of nitrogens with one attached hydrogen (secondary N) is 3. The lowest BCUT2D eigenvalue weighted by Gasteiger charge is -2.12. The highest BCUT2D eigenvalue weighted by atomic mass is 32.2. The molecule has 4 rings (SSSR count). The van der Waals surface area contributed by atoms with Crippen molar-refractivity contribution in [3.63, 3.8) is 0 Å². The maximum Gasteiger partial charge on any atom is 0.201 e. The molecule has 0 amide bonds. The van der Waals surface area contributed by atoms with Gasteiger partial charge >= 0.3 is 0 Å². The van der Waals surface area contributed by atoms with Gasteiger partial charge in [-0.3, -0.25) is 4.79 Å². The normalized spacial score (nSPS) is 11.1. The second-order valence-electron chi connectivity index (χ2n) is 6.93. The second kappa shape index (κ2) is 8.68. The second-order valence-corrected chi connectivity index (χ2v) is 7.76. The van der Waals surface area contributed by atoms with E-state index in [0.29, 0.717) is 21.9 Å². The average Bonchev–Trinajstić information content (AvgIpc) is 3.19. The van der Waals surface area contributed by atoms with E-state index in [4.69, 9.17) is 0 Å². The van der Waals surface area contributed by atoms with Gasteiger partial charge in [0.05, 0.1) is 22.2 Å². The number of pyridine rings is 1. The van der Waals surface area contributed by atoms with Crippen molar-refractivity contribution in [3.05, 3.63) is 71.8 Å². The molecule has 31 heavy (non-hydrogen) atoms. The molecule has 10 heteroatoms. The predicted octanol–water partition coefficient (Wildman–Crippen LogP) is 4.80. The Balaban J connectivity index is 1.72. The molecule has 0 bridgehead atoms. The van der Waals surface area contributed by atoms with Gasteiger partial charge in [0.15, 0.2) is 5.82 Å². The van der Waals surface area contributed by atoms with E-state index in [1.807, 2.05) is 13.8 Å². The summed E-state index contributed by atoms with van der Waals surface area (Å²) in [5.41, 5.74) is -0.225.